The first-order valence-corrected chi connectivity index (χ1v) is 6.41. The van der Waals surface area contributed by atoms with Gasteiger partial charge in [0.15, 0.2) is 0 Å². The van der Waals surface area contributed by atoms with E-state index >= 15 is 0 Å². The zero-order valence-electron chi connectivity index (χ0n) is 10.3. The normalized spacial score (nSPS) is 9.25. The molecule has 0 aliphatic carbocycles. The number of benzene rings is 2. The van der Waals surface area contributed by atoms with Gasteiger partial charge in [0.05, 0.1) is 22.8 Å². The second-order valence-electron chi connectivity index (χ2n) is 3.91. The van der Waals surface area contributed by atoms with Crippen LogP contribution in [0.2, 0.25) is 0 Å². The van der Waals surface area contributed by atoms with Gasteiger partial charge in [0.2, 0.25) is 0 Å². The molecule has 3 nitrogen and oxygen atoms in total. The summed E-state index contributed by atoms with van der Waals surface area (Å²) < 4.78 is 0. The molecule has 0 amide bonds. The Morgan fingerprint density at radius 2 is 1.40 bits per heavy atom. The van der Waals surface area contributed by atoms with E-state index in [2.05, 4.69) is 0 Å². The van der Waals surface area contributed by atoms with Crippen molar-refractivity contribution in [3.63, 3.8) is 0 Å². The van der Waals surface area contributed by atoms with Crippen molar-refractivity contribution in [1.82, 2.24) is 0 Å². The molecule has 2 aromatic carbocycles. The van der Waals surface area contributed by atoms with Crippen molar-refractivity contribution in [3.8, 4) is 18.2 Å². The predicted molar refractivity (Wildman–Crippen MR) is 76.5 cm³/mol. The van der Waals surface area contributed by atoms with Crippen molar-refractivity contribution >= 4 is 25.1 Å². The van der Waals surface area contributed by atoms with Crippen LogP contribution in [-0.2, 0) is 0 Å². The molecule has 0 saturated heterocycles. The summed E-state index contributed by atoms with van der Waals surface area (Å²) in [6.07, 6.45) is 0. The Bertz CT molecular complexity index is 742. The molecule has 2 rings (SSSR count). The van der Waals surface area contributed by atoms with Crippen LogP contribution in [0.4, 0.5) is 0 Å². The molecule has 2 aromatic rings. The van der Waals surface area contributed by atoms with E-state index < -0.39 is 0 Å². The molecule has 0 aromatic heterocycles. The van der Waals surface area contributed by atoms with E-state index in [0.717, 1.165) is 4.90 Å². The highest BCUT2D eigenvalue weighted by molar-refractivity contribution is 7.99. The van der Waals surface area contributed by atoms with Crippen LogP contribution in [0.15, 0.2) is 46.2 Å². The summed E-state index contributed by atoms with van der Waals surface area (Å²) in [7, 11) is 5.62. The van der Waals surface area contributed by atoms with Crippen LogP contribution in [-0.4, -0.2) is 7.85 Å². The van der Waals surface area contributed by atoms with E-state index in [9.17, 15) is 10.5 Å². The van der Waals surface area contributed by atoms with Crippen LogP contribution in [0.25, 0.3) is 0 Å². The van der Waals surface area contributed by atoms with Crippen molar-refractivity contribution in [2.24, 2.45) is 0 Å². The van der Waals surface area contributed by atoms with Crippen LogP contribution in [0.3, 0.4) is 0 Å². The molecule has 0 fully saturated rings. The fraction of sp³-hybridized carbons (Fsp3) is 0. The van der Waals surface area contributed by atoms with Crippen LogP contribution in [0, 0.1) is 34.0 Å². The maximum Gasteiger partial charge on any atom is 0.113 e. The van der Waals surface area contributed by atoms with Crippen molar-refractivity contribution in [1.29, 1.82) is 15.8 Å². The van der Waals surface area contributed by atoms with Crippen LogP contribution < -0.4 is 5.46 Å². The molecule has 0 heterocycles. The minimum atomic E-state index is 0.305. The van der Waals surface area contributed by atoms with Gasteiger partial charge in [-0.1, -0.05) is 29.4 Å². The zero-order chi connectivity index (χ0) is 14.5. The quantitative estimate of drug-likeness (QED) is 0.785. The minimum absolute atomic E-state index is 0.305. The monoisotopic (exact) mass is 271 g/mol. The van der Waals surface area contributed by atoms with E-state index in [1.165, 1.54) is 23.9 Å². The van der Waals surface area contributed by atoms with Gasteiger partial charge < -0.3 is 0 Å². The van der Waals surface area contributed by atoms with E-state index in [1.54, 1.807) is 12.1 Å². The molecule has 5 heteroatoms. The average Bonchev–Trinajstić information content (AvgIpc) is 2.49. The standard InChI is InChI=1S/C15H6BN3S/c16-13-1-3-14(4-2-13)20-15-11(8-18)5-10(7-17)6-12(15)9-19/h1-6H. The van der Waals surface area contributed by atoms with Gasteiger partial charge in [-0.2, -0.15) is 15.8 Å². The number of hydrogen-bond acceptors (Lipinski definition) is 4. The maximum absolute atomic E-state index is 9.18. The molecule has 0 aliphatic heterocycles. The summed E-state index contributed by atoms with van der Waals surface area (Å²) in [5.41, 5.74) is 1.60. The fourth-order valence-corrected chi connectivity index (χ4v) is 2.56. The molecule has 0 atom stereocenters. The van der Waals surface area contributed by atoms with E-state index in [1.807, 2.05) is 30.3 Å². The summed E-state index contributed by atoms with van der Waals surface area (Å²) >= 11 is 1.31. The molecular weight excluding hydrogens is 265 g/mol. The number of nitrogens with zero attached hydrogens (tertiary/aromatic N) is 3. The first kappa shape index (κ1) is 13.7. The summed E-state index contributed by atoms with van der Waals surface area (Å²) in [5, 5.41) is 27.3. The van der Waals surface area contributed by atoms with Crippen LogP contribution in [0.5, 0.6) is 0 Å². The Balaban J connectivity index is 2.51. The highest BCUT2D eigenvalue weighted by Crippen LogP contribution is 2.33. The zero-order valence-corrected chi connectivity index (χ0v) is 11.1. The lowest BCUT2D eigenvalue weighted by Crippen LogP contribution is -1.99. The van der Waals surface area contributed by atoms with Crippen molar-refractivity contribution in [2.75, 3.05) is 0 Å². The Morgan fingerprint density at radius 1 is 0.850 bits per heavy atom. The van der Waals surface area contributed by atoms with Gasteiger partial charge in [0.1, 0.15) is 20.0 Å². The molecule has 0 N–H and O–H groups in total. The third kappa shape index (κ3) is 2.83. The van der Waals surface area contributed by atoms with Crippen LogP contribution >= 0.6 is 11.8 Å². The lowest BCUT2D eigenvalue weighted by Gasteiger charge is -2.07. The molecule has 0 aliphatic rings. The maximum atomic E-state index is 9.18. The smallest absolute Gasteiger partial charge is 0.113 e. The minimum Gasteiger partial charge on any atom is -0.192 e. The summed E-state index contributed by atoms with van der Waals surface area (Å²) in [5.74, 6) is 0. The fourth-order valence-electron chi connectivity index (χ4n) is 1.62. The Hall–Kier alpha value is -2.68. The molecule has 0 unspecified atom stereocenters. The molecule has 0 bridgehead atoms. The predicted octanol–water partition coefficient (Wildman–Crippen LogP) is 2.25. The largest absolute Gasteiger partial charge is 0.192 e. The number of rotatable bonds is 2. The van der Waals surface area contributed by atoms with Crippen molar-refractivity contribution in [3.05, 3.63) is 53.1 Å². The first-order chi connectivity index (χ1) is 9.67. The third-order valence-corrected chi connectivity index (χ3v) is 3.71. The molecule has 0 spiro atoms. The topological polar surface area (TPSA) is 71.4 Å². The first-order valence-electron chi connectivity index (χ1n) is 5.59. The Morgan fingerprint density at radius 3 is 1.85 bits per heavy atom. The number of nitriles is 3. The van der Waals surface area contributed by atoms with Gasteiger partial charge in [0.25, 0.3) is 0 Å². The summed E-state index contributed by atoms with van der Waals surface area (Å²) in [6.45, 7) is 0. The average molecular weight is 271 g/mol. The van der Waals surface area contributed by atoms with Gasteiger partial charge >= 0.3 is 0 Å². The molecular formula is C15H6BN3S. The summed E-state index contributed by atoms with van der Waals surface area (Å²) in [4.78, 5) is 1.43. The SMILES string of the molecule is [B]c1ccc(Sc2c(C#N)cc(C#N)cc2C#N)cc1. The molecule has 20 heavy (non-hydrogen) atoms. The lowest BCUT2D eigenvalue weighted by atomic mass is 9.97. The van der Waals surface area contributed by atoms with Gasteiger partial charge in [0, 0.05) is 9.79 Å². The van der Waals surface area contributed by atoms with Crippen LogP contribution in [0.1, 0.15) is 16.7 Å². The Kier molecular flexibility index (Phi) is 4.11. The van der Waals surface area contributed by atoms with Gasteiger partial charge in [-0.05, 0) is 24.3 Å². The van der Waals surface area contributed by atoms with Gasteiger partial charge in [-0.3, -0.25) is 0 Å². The molecule has 90 valence electrons. The highest BCUT2D eigenvalue weighted by atomic mass is 32.2. The van der Waals surface area contributed by atoms with Crippen molar-refractivity contribution in [2.45, 2.75) is 9.79 Å². The molecule has 0 saturated carbocycles. The third-order valence-electron chi connectivity index (χ3n) is 2.56. The second kappa shape index (κ2) is 5.98. The van der Waals surface area contributed by atoms with Crippen molar-refractivity contribution < 1.29 is 0 Å². The van der Waals surface area contributed by atoms with E-state index in [-0.39, 0.29) is 0 Å². The van der Waals surface area contributed by atoms with E-state index in [4.69, 9.17) is 13.1 Å². The second-order valence-corrected chi connectivity index (χ2v) is 4.99. The lowest BCUT2D eigenvalue weighted by molar-refractivity contribution is 1.29. The molecule has 2 radical (unpaired) electrons. The Labute approximate surface area is 122 Å². The highest BCUT2D eigenvalue weighted by Gasteiger charge is 2.12. The van der Waals surface area contributed by atoms with Gasteiger partial charge in [-0.15, -0.1) is 0 Å². The van der Waals surface area contributed by atoms with E-state index in [0.29, 0.717) is 27.0 Å². The number of hydrogen-bond donors (Lipinski definition) is 0. The van der Waals surface area contributed by atoms with Gasteiger partial charge in [-0.25, -0.2) is 0 Å². The summed E-state index contributed by atoms with van der Waals surface area (Å²) in [6, 6.07) is 16.1.